The number of carbonyl (C=O) groups excluding carboxylic acids is 1. The van der Waals surface area contributed by atoms with Crippen LogP contribution in [0.1, 0.15) is 19.8 Å². The molecule has 1 aromatic rings. The SMILES string of the molecule is CC1CCNCC1NC(=O)CCNS(=O)(=O)c1c(Cl)cccc1Cl.Cl. The van der Waals surface area contributed by atoms with Crippen molar-refractivity contribution in [2.24, 2.45) is 5.92 Å². The number of carbonyl (C=O) groups is 1. The molecule has 1 aliphatic heterocycles. The molecule has 6 nitrogen and oxygen atoms in total. The molecule has 0 radical (unpaired) electrons. The van der Waals surface area contributed by atoms with Gasteiger partial charge in [-0.25, -0.2) is 13.1 Å². The lowest BCUT2D eigenvalue weighted by Crippen LogP contribution is -2.50. The maximum atomic E-state index is 12.3. The van der Waals surface area contributed by atoms with E-state index in [0.717, 1.165) is 19.5 Å². The molecule has 0 bridgehead atoms. The minimum Gasteiger partial charge on any atom is -0.352 e. The molecule has 10 heteroatoms. The first-order valence-electron chi connectivity index (χ1n) is 7.75. The number of nitrogens with one attached hydrogen (secondary N) is 3. The summed E-state index contributed by atoms with van der Waals surface area (Å²) in [5, 5.41) is 6.24. The standard InChI is InChI=1S/C15H21Cl2N3O3S.ClH/c1-10-5-7-18-9-13(10)20-14(21)6-8-19-24(22,23)15-11(16)3-2-4-12(15)17;/h2-4,10,13,18-19H,5-9H2,1H3,(H,20,21);1H. The summed E-state index contributed by atoms with van der Waals surface area (Å²) in [6, 6.07) is 4.54. The lowest BCUT2D eigenvalue weighted by Gasteiger charge is -2.30. The van der Waals surface area contributed by atoms with Gasteiger partial charge in [-0.2, -0.15) is 0 Å². The Morgan fingerprint density at radius 1 is 1.32 bits per heavy atom. The molecule has 1 fully saturated rings. The van der Waals surface area contributed by atoms with Gasteiger partial charge < -0.3 is 10.6 Å². The number of hydrogen-bond donors (Lipinski definition) is 3. The molecule has 0 aliphatic carbocycles. The number of piperidine rings is 1. The summed E-state index contributed by atoms with van der Waals surface area (Å²) in [7, 11) is -3.87. The summed E-state index contributed by atoms with van der Waals surface area (Å²) in [5.74, 6) is 0.206. The van der Waals surface area contributed by atoms with E-state index < -0.39 is 10.0 Å². The molecule has 1 amide bonds. The van der Waals surface area contributed by atoms with Crippen molar-refractivity contribution in [3.05, 3.63) is 28.2 Å². The normalized spacial score (nSPS) is 20.6. The van der Waals surface area contributed by atoms with Gasteiger partial charge in [-0.15, -0.1) is 12.4 Å². The van der Waals surface area contributed by atoms with Crippen LogP contribution in [0.5, 0.6) is 0 Å². The average molecular weight is 431 g/mol. The maximum Gasteiger partial charge on any atom is 0.243 e. The highest BCUT2D eigenvalue weighted by molar-refractivity contribution is 7.89. The number of sulfonamides is 1. The zero-order chi connectivity index (χ0) is 17.7. The van der Waals surface area contributed by atoms with Gasteiger partial charge in [-0.05, 0) is 31.0 Å². The summed E-state index contributed by atoms with van der Waals surface area (Å²) in [5.41, 5.74) is 0. The molecule has 2 unspecified atom stereocenters. The summed E-state index contributed by atoms with van der Waals surface area (Å²) in [6.07, 6.45) is 1.05. The topological polar surface area (TPSA) is 87.3 Å². The largest absolute Gasteiger partial charge is 0.352 e. The Labute approximate surface area is 164 Å². The Bertz CT molecular complexity index is 680. The molecular formula is C15H22Cl3N3O3S. The van der Waals surface area contributed by atoms with E-state index in [2.05, 4.69) is 22.3 Å². The van der Waals surface area contributed by atoms with E-state index in [1.54, 1.807) is 6.07 Å². The highest BCUT2D eigenvalue weighted by atomic mass is 35.5. The third kappa shape index (κ3) is 6.27. The van der Waals surface area contributed by atoms with Crippen molar-refractivity contribution in [3.8, 4) is 0 Å². The smallest absolute Gasteiger partial charge is 0.243 e. The van der Waals surface area contributed by atoms with Crippen LogP contribution in [0.3, 0.4) is 0 Å². The molecular weight excluding hydrogens is 409 g/mol. The third-order valence-electron chi connectivity index (χ3n) is 4.01. The predicted octanol–water partition coefficient (Wildman–Crippen LogP) is 2.20. The highest BCUT2D eigenvalue weighted by Gasteiger charge is 2.24. The molecule has 0 aromatic heterocycles. The number of halogens is 3. The second kappa shape index (κ2) is 9.94. The molecule has 25 heavy (non-hydrogen) atoms. The third-order valence-corrected chi connectivity index (χ3v) is 6.42. The Morgan fingerprint density at radius 2 is 1.96 bits per heavy atom. The van der Waals surface area contributed by atoms with Crippen LogP contribution in [0.4, 0.5) is 0 Å². The van der Waals surface area contributed by atoms with Gasteiger partial charge in [0.2, 0.25) is 15.9 Å². The Balaban J connectivity index is 0.00000312. The van der Waals surface area contributed by atoms with Crippen LogP contribution in [0.25, 0.3) is 0 Å². The summed E-state index contributed by atoms with van der Waals surface area (Å²) >= 11 is 11.8. The van der Waals surface area contributed by atoms with Crippen molar-refractivity contribution < 1.29 is 13.2 Å². The van der Waals surface area contributed by atoms with E-state index in [-0.39, 0.29) is 52.3 Å². The quantitative estimate of drug-likeness (QED) is 0.645. The van der Waals surface area contributed by atoms with Crippen molar-refractivity contribution >= 4 is 51.5 Å². The van der Waals surface area contributed by atoms with Crippen LogP contribution in [0.15, 0.2) is 23.1 Å². The molecule has 0 spiro atoms. The van der Waals surface area contributed by atoms with Gasteiger partial charge in [0.1, 0.15) is 4.90 Å². The van der Waals surface area contributed by atoms with Crippen LogP contribution in [-0.4, -0.2) is 40.0 Å². The van der Waals surface area contributed by atoms with Crippen molar-refractivity contribution in [3.63, 3.8) is 0 Å². The molecule has 2 atom stereocenters. The molecule has 3 N–H and O–H groups in total. The van der Waals surface area contributed by atoms with E-state index >= 15 is 0 Å². The van der Waals surface area contributed by atoms with Crippen LogP contribution in [-0.2, 0) is 14.8 Å². The van der Waals surface area contributed by atoms with Crippen LogP contribution >= 0.6 is 35.6 Å². The molecule has 142 valence electrons. The second-order valence-electron chi connectivity index (χ2n) is 5.84. The Hall–Kier alpha value is -0.570. The minimum atomic E-state index is -3.87. The fraction of sp³-hybridized carbons (Fsp3) is 0.533. The zero-order valence-corrected chi connectivity index (χ0v) is 16.9. The molecule has 0 saturated carbocycles. The van der Waals surface area contributed by atoms with Gasteiger partial charge in [0.25, 0.3) is 0 Å². The zero-order valence-electron chi connectivity index (χ0n) is 13.7. The molecule has 1 aliphatic rings. The van der Waals surface area contributed by atoms with E-state index in [1.165, 1.54) is 12.1 Å². The van der Waals surface area contributed by atoms with Crippen molar-refractivity contribution in [2.75, 3.05) is 19.6 Å². The molecule has 1 aromatic carbocycles. The van der Waals surface area contributed by atoms with Gasteiger partial charge in [-0.1, -0.05) is 36.2 Å². The second-order valence-corrected chi connectivity index (χ2v) is 8.36. The van der Waals surface area contributed by atoms with Gasteiger partial charge in [0, 0.05) is 25.6 Å². The maximum absolute atomic E-state index is 12.3. The monoisotopic (exact) mass is 429 g/mol. The minimum absolute atomic E-state index is 0. The van der Waals surface area contributed by atoms with Gasteiger partial charge in [0.05, 0.1) is 10.0 Å². The number of rotatable bonds is 6. The van der Waals surface area contributed by atoms with Crippen LogP contribution in [0.2, 0.25) is 10.0 Å². The Kier molecular flexibility index (Phi) is 8.94. The molecule has 1 heterocycles. The van der Waals surface area contributed by atoms with Gasteiger partial charge in [-0.3, -0.25) is 4.79 Å². The first-order valence-corrected chi connectivity index (χ1v) is 9.99. The van der Waals surface area contributed by atoms with Crippen molar-refractivity contribution in [1.29, 1.82) is 0 Å². The highest BCUT2D eigenvalue weighted by Crippen LogP contribution is 2.28. The fourth-order valence-electron chi connectivity index (χ4n) is 2.57. The number of amides is 1. The van der Waals surface area contributed by atoms with Gasteiger partial charge in [0.15, 0.2) is 0 Å². The molecule has 2 rings (SSSR count). The first kappa shape index (κ1) is 22.5. The fourth-order valence-corrected chi connectivity index (χ4v) is 4.74. The number of hydrogen-bond acceptors (Lipinski definition) is 4. The van der Waals surface area contributed by atoms with E-state index in [4.69, 9.17) is 23.2 Å². The van der Waals surface area contributed by atoms with E-state index in [0.29, 0.717) is 5.92 Å². The summed E-state index contributed by atoms with van der Waals surface area (Å²) in [4.78, 5) is 11.8. The van der Waals surface area contributed by atoms with E-state index in [9.17, 15) is 13.2 Å². The summed E-state index contributed by atoms with van der Waals surface area (Å²) < 4.78 is 26.9. The van der Waals surface area contributed by atoms with Gasteiger partial charge >= 0.3 is 0 Å². The average Bonchev–Trinajstić information content (AvgIpc) is 2.49. The molecule has 1 saturated heterocycles. The summed E-state index contributed by atoms with van der Waals surface area (Å²) in [6.45, 7) is 3.75. The lowest BCUT2D eigenvalue weighted by molar-refractivity contribution is -0.122. The number of benzene rings is 1. The van der Waals surface area contributed by atoms with Crippen molar-refractivity contribution in [1.82, 2.24) is 15.4 Å². The van der Waals surface area contributed by atoms with Crippen LogP contribution in [0, 0.1) is 5.92 Å². The first-order chi connectivity index (χ1) is 11.3. The van der Waals surface area contributed by atoms with E-state index in [1.807, 2.05) is 0 Å². The predicted molar refractivity (Wildman–Crippen MR) is 102 cm³/mol. The lowest BCUT2D eigenvalue weighted by atomic mass is 9.95. The van der Waals surface area contributed by atoms with Crippen molar-refractivity contribution in [2.45, 2.75) is 30.7 Å². The van der Waals surface area contributed by atoms with Crippen LogP contribution < -0.4 is 15.4 Å². The Morgan fingerprint density at radius 3 is 2.56 bits per heavy atom.